The number of hydrogen-bond donors (Lipinski definition) is 1. The van der Waals surface area contributed by atoms with Gasteiger partial charge in [0.25, 0.3) is 0 Å². The molecule has 3 nitrogen and oxygen atoms in total. The summed E-state index contributed by atoms with van der Waals surface area (Å²) in [6.45, 7) is 5.65. The number of aliphatic hydroxyl groups excluding tert-OH is 1. The fourth-order valence-electron chi connectivity index (χ4n) is 1.40. The van der Waals surface area contributed by atoms with Crippen molar-refractivity contribution >= 4 is 0 Å². The molecule has 0 spiro atoms. The lowest BCUT2D eigenvalue weighted by atomic mass is 9.96. The van der Waals surface area contributed by atoms with E-state index in [2.05, 4.69) is 10.2 Å². The smallest absolute Gasteiger partial charge is 0.102 e. The first kappa shape index (κ1) is 8.40. The number of azo groups is 1. The summed E-state index contributed by atoms with van der Waals surface area (Å²) in [5, 5.41) is 17.1. The van der Waals surface area contributed by atoms with E-state index < -0.39 is 0 Å². The third kappa shape index (κ3) is 2.12. The highest BCUT2D eigenvalue weighted by atomic mass is 16.3. The molecule has 0 saturated heterocycles. The van der Waals surface area contributed by atoms with E-state index in [4.69, 9.17) is 5.11 Å². The Hall–Kier alpha value is -0.700. The summed E-state index contributed by atoms with van der Waals surface area (Å²) in [6.07, 6.45) is 2.31. The van der Waals surface area contributed by atoms with E-state index in [0.29, 0.717) is 6.42 Å². The first-order valence-corrected chi connectivity index (χ1v) is 3.82. The quantitative estimate of drug-likeness (QED) is 0.648. The summed E-state index contributed by atoms with van der Waals surface area (Å²) < 4.78 is 0. The summed E-state index contributed by atoms with van der Waals surface area (Å²) >= 11 is 0. The van der Waals surface area contributed by atoms with Crippen LogP contribution in [0.3, 0.4) is 0 Å². The lowest BCUT2D eigenvalue weighted by molar-refractivity contribution is 0.165. The normalized spacial score (nSPS) is 32.2. The second-order valence-corrected chi connectivity index (χ2v) is 3.40. The van der Waals surface area contributed by atoms with E-state index in [9.17, 15) is 0 Å². The number of hydrogen-bond acceptors (Lipinski definition) is 3. The maximum absolute atomic E-state index is 9.13. The highest BCUT2D eigenvalue weighted by molar-refractivity contribution is 5.14. The molecule has 0 aliphatic carbocycles. The van der Waals surface area contributed by atoms with Crippen molar-refractivity contribution in [2.75, 3.05) is 0 Å². The van der Waals surface area contributed by atoms with Gasteiger partial charge in [-0.3, -0.25) is 0 Å². The maximum atomic E-state index is 9.13. The lowest BCUT2D eigenvalue weighted by Crippen LogP contribution is -2.22. The van der Waals surface area contributed by atoms with E-state index in [1.165, 1.54) is 0 Å². The van der Waals surface area contributed by atoms with Gasteiger partial charge in [-0.1, -0.05) is 0 Å². The van der Waals surface area contributed by atoms with Crippen molar-refractivity contribution in [3.63, 3.8) is 0 Å². The van der Waals surface area contributed by atoms with Crippen LogP contribution >= 0.6 is 0 Å². The van der Waals surface area contributed by atoms with Crippen molar-refractivity contribution < 1.29 is 5.11 Å². The molecule has 1 heterocycles. The van der Waals surface area contributed by atoms with Gasteiger partial charge in [-0.2, -0.15) is 10.2 Å². The Morgan fingerprint density at radius 3 is 2.73 bits per heavy atom. The molecule has 11 heavy (non-hydrogen) atoms. The van der Waals surface area contributed by atoms with Crippen LogP contribution < -0.4 is 0 Å². The molecule has 2 atom stereocenters. The van der Waals surface area contributed by atoms with Gasteiger partial charge in [0.2, 0.25) is 0 Å². The molecule has 62 valence electrons. The Kier molecular flexibility index (Phi) is 2.09. The van der Waals surface area contributed by atoms with E-state index in [-0.39, 0.29) is 11.6 Å². The molecule has 1 N–H and O–H groups in total. The zero-order valence-corrected chi connectivity index (χ0v) is 7.20. The molecule has 1 aliphatic heterocycles. The van der Waals surface area contributed by atoms with E-state index in [1.807, 2.05) is 19.9 Å². The molecule has 0 aromatic carbocycles. The van der Waals surface area contributed by atoms with Gasteiger partial charge in [-0.05, 0) is 26.8 Å². The second-order valence-electron chi connectivity index (χ2n) is 3.40. The molecule has 1 aliphatic rings. The largest absolute Gasteiger partial charge is 0.393 e. The van der Waals surface area contributed by atoms with Gasteiger partial charge in [-0.25, -0.2) is 0 Å². The van der Waals surface area contributed by atoms with Crippen LogP contribution in [0.25, 0.3) is 0 Å². The highest BCUT2D eigenvalue weighted by Crippen LogP contribution is 2.27. The van der Waals surface area contributed by atoms with Crippen molar-refractivity contribution in [1.82, 2.24) is 0 Å². The van der Waals surface area contributed by atoms with E-state index >= 15 is 0 Å². The third-order valence-electron chi connectivity index (χ3n) is 1.66. The molecule has 1 rings (SSSR count). The summed E-state index contributed by atoms with van der Waals surface area (Å²) in [6, 6.07) is 0. The van der Waals surface area contributed by atoms with Gasteiger partial charge in [0.05, 0.1) is 11.8 Å². The minimum atomic E-state index is -0.318. The van der Waals surface area contributed by atoms with Crippen molar-refractivity contribution in [3.8, 4) is 0 Å². The van der Waals surface area contributed by atoms with Crippen molar-refractivity contribution in [2.24, 2.45) is 10.2 Å². The molecule has 0 bridgehead atoms. The van der Waals surface area contributed by atoms with E-state index in [1.54, 1.807) is 6.92 Å². The molecule has 2 unspecified atom stereocenters. The predicted molar refractivity (Wildman–Crippen MR) is 43.3 cm³/mol. The molecule has 0 aromatic rings. The molecular weight excluding hydrogens is 140 g/mol. The van der Waals surface area contributed by atoms with Crippen molar-refractivity contribution in [3.05, 3.63) is 11.8 Å². The third-order valence-corrected chi connectivity index (χ3v) is 1.66. The topological polar surface area (TPSA) is 45.0 Å². The average molecular weight is 154 g/mol. The van der Waals surface area contributed by atoms with Gasteiger partial charge in [0, 0.05) is 6.42 Å². The van der Waals surface area contributed by atoms with Crippen molar-refractivity contribution in [2.45, 2.75) is 38.8 Å². The molecule has 0 aromatic heterocycles. The zero-order valence-electron chi connectivity index (χ0n) is 7.20. The van der Waals surface area contributed by atoms with Gasteiger partial charge in [-0.15, -0.1) is 0 Å². The minimum absolute atomic E-state index is 0.266. The Labute approximate surface area is 66.8 Å². The molecule has 0 saturated carbocycles. The Morgan fingerprint density at radius 2 is 2.36 bits per heavy atom. The fourth-order valence-corrected chi connectivity index (χ4v) is 1.40. The van der Waals surface area contributed by atoms with E-state index in [0.717, 1.165) is 5.70 Å². The van der Waals surface area contributed by atoms with Crippen LogP contribution in [0.4, 0.5) is 0 Å². The molecule has 0 amide bonds. The molecular formula is C8H14N2O. The Bertz CT molecular complexity index is 208. The average Bonchev–Trinajstić information content (AvgIpc) is 2.08. The first-order valence-electron chi connectivity index (χ1n) is 3.82. The molecule has 3 heteroatoms. The standard InChI is InChI=1S/C8H14N2O/c1-6-4-8(3,10-9-6)5-7(2)11/h4,7,11H,5H2,1-3H3. The van der Waals surface area contributed by atoms with Crippen LogP contribution in [-0.2, 0) is 0 Å². The van der Waals surface area contributed by atoms with Crippen LogP contribution in [-0.4, -0.2) is 16.7 Å². The summed E-state index contributed by atoms with van der Waals surface area (Å²) in [5.74, 6) is 0. The van der Waals surface area contributed by atoms with Gasteiger partial charge in [0.15, 0.2) is 0 Å². The molecule has 0 radical (unpaired) electrons. The SMILES string of the molecule is CC1=CC(C)(CC(C)O)N=N1. The first-order chi connectivity index (χ1) is 5.02. The predicted octanol–water partition coefficient (Wildman–Crippen LogP) is 1.89. The monoisotopic (exact) mass is 154 g/mol. The van der Waals surface area contributed by atoms with Crippen molar-refractivity contribution in [1.29, 1.82) is 0 Å². The Morgan fingerprint density at radius 1 is 1.73 bits per heavy atom. The van der Waals surface area contributed by atoms with Crippen LogP contribution in [0.2, 0.25) is 0 Å². The zero-order chi connectivity index (χ0) is 8.48. The fraction of sp³-hybridized carbons (Fsp3) is 0.750. The summed E-state index contributed by atoms with van der Waals surface area (Å²) in [4.78, 5) is 0. The Balaban J connectivity index is 2.64. The van der Waals surface area contributed by atoms with Crippen LogP contribution in [0.5, 0.6) is 0 Å². The van der Waals surface area contributed by atoms with Gasteiger partial charge < -0.3 is 5.11 Å². The highest BCUT2D eigenvalue weighted by Gasteiger charge is 2.26. The molecule has 0 fully saturated rings. The minimum Gasteiger partial charge on any atom is -0.393 e. The maximum Gasteiger partial charge on any atom is 0.102 e. The van der Waals surface area contributed by atoms with Gasteiger partial charge >= 0.3 is 0 Å². The number of rotatable bonds is 2. The lowest BCUT2D eigenvalue weighted by Gasteiger charge is -2.17. The number of nitrogens with zero attached hydrogens (tertiary/aromatic N) is 2. The number of allylic oxidation sites excluding steroid dienone is 1. The van der Waals surface area contributed by atoms with Gasteiger partial charge in [0.1, 0.15) is 5.54 Å². The van der Waals surface area contributed by atoms with Crippen LogP contribution in [0.15, 0.2) is 22.0 Å². The summed E-state index contributed by atoms with van der Waals surface area (Å²) in [7, 11) is 0. The number of aliphatic hydroxyl groups is 1. The van der Waals surface area contributed by atoms with Crippen LogP contribution in [0, 0.1) is 0 Å². The van der Waals surface area contributed by atoms with Crippen LogP contribution in [0.1, 0.15) is 27.2 Å². The summed E-state index contributed by atoms with van der Waals surface area (Å²) in [5.41, 5.74) is 0.672. The second kappa shape index (κ2) is 2.74.